The molecule has 0 fully saturated rings. The van der Waals surface area contributed by atoms with Crippen molar-refractivity contribution < 1.29 is 4.92 Å². The van der Waals surface area contributed by atoms with Gasteiger partial charge in [-0.3, -0.25) is 0 Å². The van der Waals surface area contributed by atoms with Crippen LogP contribution in [0, 0.1) is 16.0 Å². The van der Waals surface area contributed by atoms with Gasteiger partial charge in [-0.2, -0.15) is 0 Å². The molecular formula is C15H17N3O2. The number of nitrogens with one attached hydrogen (secondary N) is 1. The lowest BCUT2D eigenvalue weighted by Gasteiger charge is -2.04. The zero-order valence-corrected chi connectivity index (χ0v) is 11.5. The van der Waals surface area contributed by atoms with Crippen LogP contribution in [-0.2, 0) is 6.42 Å². The van der Waals surface area contributed by atoms with E-state index in [0.29, 0.717) is 11.6 Å². The smallest absolute Gasteiger partial charge is 0.358 e. The molecule has 0 amide bonds. The molecule has 1 aromatic heterocycles. The van der Waals surface area contributed by atoms with Crippen molar-refractivity contribution >= 4 is 18.0 Å². The molecule has 0 aliphatic carbocycles. The maximum Gasteiger partial charge on any atom is 0.388 e. The molecule has 5 nitrogen and oxygen atoms in total. The molecule has 1 N–H and O–H groups in total. The first-order valence-electron chi connectivity index (χ1n) is 6.51. The highest BCUT2D eigenvalue weighted by Gasteiger charge is 2.13. The van der Waals surface area contributed by atoms with E-state index in [2.05, 4.69) is 35.9 Å². The molecule has 0 saturated carbocycles. The molecule has 0 spiro atoms. The minimum atomic E-state index is -0.498. The number of imidazole rings is 1. The molecule has 0 atom stereocenters. The molecule has 2 aromatic rings. The Hall–Kier alpha value is -2.43. The lowest BCUT2D eigenvalue weighted by molar-refractivity contribution is -0.389. The minimum absolute atomic E-state index is 0.155. The van der Waals surface area contributed by atoms with Gasteiger partial charge in [0.15, 0.2) is 0 Å². The summed E-state index contributed by atoms with van der Waals surface area (Å²) in [5.74, 6) is 0.474. The van der Waals surface area contributed by atoms with Crippen molar-refractivity contribution in [2.75, 3.05) is 0 Å². The minimum Gasteiger partial charge on any atom is -0.358 e. The van der Waals surface area contributed by atoms with E-state index in [9.17, 15) is 10.1 Å². The molecule has 20 heavy (non-hydrogen) atoms. The van der Waals surface area contributed by atoms with Gasteiger partial charge in [-0.25, -0.2) is 0 Å². The van der Waals surface area contributed by atoms with Crippen LogP contribution in [0.5, 0.6) is 0 Å². The van der Waals surface area contributed by atoms with E-state index < -0.39 is 4.92 Å². The Morgan fingerprint density at radius 1 is 1.30 bits per heavy atom. The Labute approximate surface area is 117 Å². The number of aromatic amines is 1. The average molecular weight is 271 g/mol. The Balaban J connectivity index is 2.11. The first-order valence-corrected chi connectivity index (χ1v) is 6.51. The van der Waals surface area contributed by atoms with E-state index in [1.165, 1.54) is 11.9 Å². The zero-order valence-electron chi connectivity index (χ0n) is 11.5. The van der Waals surface area contributed by atoms with Gasteiger partial charge in [0.2, 0.25) is 6.33 Å². The first kappa shape index (κ1) is 14.0. The van der Waals surface area contributed by atoms with E-state index in [1.807, 2.05) is 18.2 Å². The highest BCUT2D eigenvalue weighted by molar-refractivity contribution is 5.71. The monoisotopic (exact) mass is 271 g/mol. The molecule has 5 heteroatoms. The normalized spacial score (nSPS) is 11.3. The van der Waals surface area contributed by atoms with Gasteiger partial charge in [-0.15, -0.1) is 0 Å². The molecule has 1 aromatic carbocycles. The molecule has 0 aliphatic rings. The predicted octanol–water partition coefficient (Wildman–Crippen LogP) is 3.69. The standard InChI is InChI=1S/C15H17N3O2/c1-11(2)9-13-5-3-12(4-6-13)7-8-14-15(18(19)20)17-10-16-14/h3-8,10-11H,9H2,1-2H3,(H,16,17)/b8-7+. The largest absolute Gasteiger partial charge is 0.388 e. The van der Waals surface area contributed by atoms with Gasteiger partial charge < -0.3 is 15.1 Å². The van der Waals surface area contributed by atoms with Gasteiger partial charge >= 0.3 is 5.82 Å². The van der Waals surface area contributed by atoms with E-state index in [4.69, 9.17) is 0 Å². The summed E-state index contributed by atoms with van der Waals surface area (Å²) in [7, 11) is 0. The lowest BCUT2D eigenvalue weighted by Crippen LogP contribution is -1.93. The Bertz CT molecular complexity index is 612. The number of hydrogen-bond acceptors (Lipinski definition) is 3. The second kappa shape index (κ2) is 6.14. The fourth-order valence-electron chi connectivity index (χ4n) is 1.98. The molecular weight excluding hydrogens is 254 g/mol. The van der Waals surface area contributed by atoms with Gasteiger partial charge in [0, 0.05) is 0 Å². The van der Waals surface area contributed by atoms with Crippen molar-refractivity contribution in [2.45, 2.75) is 20.3 Å². The molecule has 0 unspecified atom stereocenters. The van der Waals surface area contributed by atoms with Crippen LogP contribution in [0.15, 0.2) is 30.6 Å². The fraction of sp³-hybridized carbons (Fsp3) is 0.267. The van der Waals surface area contributed by atoms with E-state index in [1.54, 1.807) is 6.08 Å². The molecule has 0 bridgehead atoms. The molecule has 0 saturated heterocycles. The van der Waals surface area contributed by atoms with E-state index in [0.717, 1.165) is 12.0 Å². The maximum atomic E-state index is 10.7. The number of H-pyrrole nitrogens is 1. The van der Waals surface area contributed by atoms with Crippen LogP contribution < -0.4 is 0 Å². The van der Waals surface area contributed by atoms with Crippen molar-refractivity contribution in [3.05, 3.63) is 57.5 Å². The zero-order chi connectivity index (χ0) is 14.5. The summed E-state index contributed by atoms with van der Waals surface area (Å²) in [5.41, 5.74) is 2.70. The SMILES string of the molecule is CC(C)Cc1ccc(/C=C/c2[nH]cnc2[N+](=O)[O-])cc1. The van der Waals surface area contributed by atoms with Gasteiger partial charge in [0.25, 0.3) is 0 Å². The molecule has 1 heterocycles. The van der Waals surface area contributed by atoms with Crippen molar-refractivity contribution in [1.82, 2.24) is 9.97 Å². The highest BCUT2D eigenvalue weighted by atomic mass is 16.6. The topological polar surface area (TPSA) is 71.8 Å². The molecule has 0 aliphatic heterocycles. The Morgan fingerprint density at radius 3 is 2.60 bits per heavy atom. The summed E-state index contributed by atoms with van der Waals surface area (Å²) in [6, 6.07) is 8.19. The Morgan fingerprint density at radius 2 is 2.00 bits per heavy atom. The lowest BCUT2D eigenvalue weighted by atomic mass is 10.0. The summed E-state index contributed by atoms with van der Waals surface area (Å²) in [6.07, 6.45) is 5.88. The van der Waals surface area contributed by atoms with Crippen LogP contribution in [-0.4, -0.2) is 14.9 Å². The number of benzene rings is 1. The first-order chi connectivity index (χ1) is 9.56. The third-order valence-corrected chi connectivity index (χ3v) is 2.89. The molecule has 0 radical (unpaired) electrons. The van der Waals surface area contributed by atoms with Gasteiger partial charge in [-0.1, -0.05) is 44.2 Å². The molecule has 2 rings (SSSR count). The summed E-state index contributed by atoms with van der Waals surface area (Å²) >= 11 is 0. The quantitative estimate of drug-likeness (QED) is 0.666. The van der Waals surface area contributed by atoms with Gasteiger partial charge in [0.05, 0.1) is 0 Å². The third-order valence-electron chi connectivity index (χ3n) is 2.89. The second-order valence-corrected chi connectivity index (χ2v) is 5.07. The number of aromatic nitrogens is 2. The van der Waals surface area contributed by atoms with Crippen molar-refractivity contribution in [2.24, 2.45) is 5.92 Å². The summed E-state index contributed by atoms with van der Waals surface area (Å²) in [5, 5.41) is 10.7. The van der Waals surface area contributed by atoms with Crippen LogP contribution in [0.4, 0.5) is 5.82 Å². The predicted molar refractivity (Wildman–Crippen MR) is 79.2 cm³/mol. The van der Waals surface area contributed by atoms with Crippen LogP contribution >= 0.6 is 0 Å². The fourth-order valence-corrected chi connectivity index (χ4v) is 1.98. The number of hydrogen-bond donors (Lipinski definition) is 1. The summed E-state index contributed by atoms with van der Waals surface area (Å²) < 4.78 is 0. The highest BCUT2D eigenvalue weighted by Crippen LogP contribution is 2.16. The van der Waals surface area contributed by atoms with Crippen LogP contribution in [0.2, 0.25) is 0 Å². The van der Waals surface area contributed by atoms with Crippen LogP contribution in [0.3, 0.4) is 0 Å². The third kappa shape index (κ3) is 3.54. The number of nitrogens with zero attached hydrogens (tertiary/aromatic N) is 2. The van der Waals surface area contributed by atoms with Crippen molar-refractivity contribution in [3.8, 4) is 0 Å². The number of rotatable bonds is 5. The van der Waals surface area contributed by atoms with Crippen LogP contribution in [0.25, 0.3) is 12.2 Å². The second-order valence-electron chi connectivity index (χ2n) is 5.07. The van der Waals surface area contributed by atoms with Gasteiger partial charge in [0.1, 0.15) is 5.69 Å². The summed E-state index contributed by atoms with van der Waals surface area (Å²) in [6.45, 7) is 4.37. The van der Waals surface area contributed by atoms with Gasteiger partial charge in [-0.05, 0) is 39.4 Å². The summed E-state index contributed by atoms with van der Waals surface area (Å²) in [4.78, 5) is 16.7. The van der Waals surface area contributed by atoms with E-state index >= 15 is 0 Å². The van der Waals surface area contributed by atoms with Crippen LogP contribution in [0.1, 0.15) is 30.7 Å². The van der Waals surface area contributed by atoms with Crippen molar-refractivity contribution in [3.63, 3.8) is 0 Å². The molecule has 104 valence electrons. The van der Waals surface area contributed by atoms with E-state index in [-0.39, 0.29) is 5.82 Å². The maximum absolute atomic E-state index is 10.7. The Kier molecular flexibility index (Phi) is 4.30. The number of nitro groups is 1. The van der Waals surface area contributed by atoms with Crippen molar-refractivity contribution in [1.29, 1.82) is 0 Å². The average Bonchev–Trinajstić information content (AvgIpc) is 2.86.